The van der Waals surface area contributed by atoms with Gasteiger partial charge in [0.2, 0.25) is 0 Å². The van der Waals surface area contributed by atoms with Crippen LogP contribution in [0.2, 0.25) is 5.02 Å². The van der Waals surface area contributed by atoms with Crippen LogP contribution in [0.25, 0.3) is 0 Å². The van der Waals surface area contributed by atoms with Crippen LogP contribution in [-0.2, 0) is 16.6 Å². The van der Waals surface area contributed by atoms with Gasteiger partial charge in [0.15, 0.2) is 0 Å². The topological polar surface area (TPSA) is 43.1 Å². The second-order valence-corrected chi connectivity index (χ2v) is 9.26. The van der Waals surface area contributed by atoms with E-state index in [0.29, 0.717) is 16.7 Å². The highest BCUT2D eigenvalue weighted by molar-refractivity contribution is 7.84. The minimum absolute atomic E-state index is 0.0481. The molecule has 0 saturated heterocycles. The second kappa shape index (κ2) is 6.80. The van der Waals surface area contributed by atoms with Crippen molar-refractivity contribution in [1.29, 1.82) is 0 Å². The summed E-state index contributed by atoms with van der Waals surface area (Å²) in [5, 5.41) is 0.779. The Morgan fingerprint density at radius 3 is 2.57 bits per heavy atom. The fourth-order valence-electron chi connectivity index (χ4n) is 3.12. The minimum Gasteiger partial charge on any atom is -0.327 e. The molecule has 0 heterocycles. The molecule has 0 aliphatic heterocycles. The summed E-state index contributed by atoms with van der Waals surface area (Å²) in [5.41, 5.74) is 7.47. The molecule has 1 saturated carbocycles. The molecule has 0 amide bonds. The molecule has 0 spiro atoms. The number of benzene rings is 1. The molecule has 4 heteroatoms. The van der Waals surface area contributed by atoms with Gasteiger partial charge in [0.1, 0.15) is 0 Å². The normalized spacial score (nSPS) is 28.3. The Kier molecular flexibility index (Phi) is 5.50. The molecule has 0 radical (unpaired) electrons. The molecule has 1 aromatic rings. The van der Waals surface area contributed by atoms with Gasteiger partial charge in [0, 0.05) is 21.9 Å². The Balaban J connectivity index is 2.08. The number of rotatable bonds is 3. The SMILES string of the molecule is CC(C)(C)C1CCC(N)C(S(=O)Cc2ccccc2Cl)C1. The molecule has 0 bridgehead atoms. The highest BCUT2D eigenvalue weighted by atomic mass is 35.5. The van der Waals surface area contributed by atoms with Gasteiger partial charge in [0.05, 0.1) is 11.0 Å². The van der Waals surface area contributed by atoms with E-state index in [1.807, 2.05) is 24.3 Å². The van der Waals surface area contributed by atoms with Crippen LogP contribution in [0.4, 0.5) is 0 Å². The monoisotopic (exact) mass is 327 g/mol. The van der Waals surface area contributed by atoms with Crippen LogP contribution in [0.5, 0.6) is 0 Å². The lowest BCUT2D eigenvalue weighted by atomic mass is 9.71. The fraction of sp³-hybridized carbons (Fsp3) is 0.647. The first-order chi connectivity index (χ1) is 9.79. The molecule has 1 fully saturated rings. The van der Waals surface area contributed by atoms with Crippen LogP contribution in [0, 0.1) is 11.3 Å². The number of nitrogens with two attached hydrogens (primary N) is 1. The van der Waals surface area contributed by atoms with Gasteiger partial charge in [-0.25, -0.2) is 0 Å². The van der Waals surface area contributed by atoms with E-state index in [2.05, 4.69) is 20.8 Å². The highest BCUT2D eigenvalue weighted by Gasteiger charge is 2.37. The van der Waals surface area contributed by atoms with Crippen LogP contribution in [0.1, 0.15) is 45.6 Å². The molecule has 21 heavy (non-hydrogen) atoms. The first kappa shape index (κ1) is 17.0. The van der Waals surface area contributed by atoms with Crippen LogP contribution in [0.15, 0.2) is 24.3 Å². The quantitative estimate of drug-likeness (QED) is 0.907. The van der Waals surface area contributed by atoms with E-state index >= 15 is 0 Å². The third kappa shape index (κ3) is 4.30. The van der Waals surface area contributed by atoms with E-state index in [-0.39, 0.29) is 16.7 Å². The molecule has 4 atom stereocenters. The summed E-state index contributed by atoms with van der Waals surface area (Å²) < 4.78 is 12.8. The molecule has 4 unspecified atom stereocenters. The number of hydrogen-bond donors (Lipinski definition) is 1. The largest absolute Gasteiger partial charge is 0.327 e. The lowest BCUT2D eigenvalue weighted by molar-refractivity contribution is 0.173. The summed E-state index contributed by atoms with van der Waals surface area (Å²) >= 11 is 6.18. The van der Waals surface area contributed by atoms with Crippen molar-refractivity contribution in [3.63, 3.8) is 0 Å². The van der Waals surface area contributed by atoms with Crippen LogP contribution in [-0.4, -0.2) is 15.5 Å². The molecular weight excluding hydrogens is 302 g/mol. The van der Waals surface area contributed by atoms with Crippen LogP contribution >= 0.6 is 11.6 Å². The van der Waals surface area contributed by atoms with E-state index in [1.165, 1.54) is 0 Å². The van der Waals surface area contributed by atoms with Crippen molar-refractivity contribution < 1.29 is 4.21 Å². The standard InChI is InChI=1S/C17H26ClNOS/c1-17(2,3)13-8-9-15(19)16(10-13)21(20)11-12-6-4-5-7-14(12)18/h4-7,13,15-16H,8-11,19H2,1-3H3. The van der Waals surface area contributed by atoms with Gasteiger partial charge in [-0.3, -0.25) is 4.21 Å². The molecule has 1 aliphatic rings. The summed E-state index contributed by atoms with van der Waals surface area (Å²) in [6, 6.07) is 7.70. The Morgan fingerprint density at radius 1 is 1.29 bits per heavy atom. The number of hydrogen-bond acceptors (Lipinski definition) is 2. The van der Waals surface area contributed by atoms with Crippen molar-refractivity contribution >= 4 is 22.4 Å². The lowest BCUT2D eigenvalue weighted by Gasteiger charge is -2.40. The van der Waals surface area contributed by atoms with Gasteiger partial charge in [-0.05, 0) is 42.2 Å². The molecular formula is C17H26ClNOS. The van der Waals surface area contributed by atoms with Crippen molar-refractivity contribution in [2.45, 2.75) is 57.1 Å². The third-order valence-corrected chi connectivity index (χ3v) is 6.84. The maximum atomic E-state index is 12.8. The molecule has 1 aromatic carbocycles. The zero-order chi connectivity index (χ0) is 15.6. The summed E-state index contributed by atoms with van der Waals surface area (Å²) in [6.45, 7) is 6.80. The van der Waals surface area contributed by atoms with Gasteiger partial charge >= 0.3 is 0 Å². The van der Waals surface area contributed by atoms with E-state index in [0.717, 1.165) is 24.8 Å². The molecule has 2 rings (SSSR count). The average Bonchev–Trinajstić information content (AvgIpc) is 2.40. The minimum atomic E-state index is -0.963. The zero-order valence-corrected chi connectivity index (χ0v) is 14.7. The maximum absolute atomic E-state index is 12.8. The fourth-order valence-corrected chi connectivity index (χ4v) is 5.14. The van der Waals surface area contributed by atoms with E-state index in [9.17, 15) is 4.21 Å². The molecule has 1 aliphatic carbocycles. The highest BCUT2D eigenvalue weighted by Crippen LogP contribution is 2.39. The van der Waals surface area contributed by atoms with Crippen molar-refractivity contribution in [3.8, 4) is 0 Å². The van der Waals surface area contributed by atoms with Crippen LogP contribution in [0.3, 0.4) is 0 Å². The lowest BCUT2D eigenvalue weighted by Crippen LogP contribution is -2.45. The number of halogens is 1. The predicted molar refractivity (Wildman–Crippen MR) is 91.9 cm³/mol. The first-order valence-electron chi connectivity index (χ1n) is 7.65. The Bertz CT molecular complexity index is 512. The van der Waals surface area contributed by atoms with E-state index in [1.54, 1.807) is 0 Å². The van der Waals surface area contributed by atoms with Gasteiger partial charge in [-0.1, -0.05) is 50.6 Å². The van der Waals surface area contributed by atoms with Gasteiger partial charge in [-0.15, -0.1) is 0 Å². The Morgan fingerprint density at radius 2 is 1.95 bits per heavy atom. The summed E-state index contributed by atoms with van der Waals surface area (Å²) in [6.07, 6.45) is 3.08. The van der Waals surface area contributed by atoms with Gasteiger partial charge < -0.3 is 5.73 Å². The van der Waals surface area contributed by atoms with Crippen molar-refractivity contribution in [2.75, 3.05) is 0 Å². The molecule has 0 aromatic heterocycles. The van der Waals surface area contributed by atoms with Crippen molar-refractivity contribution in [3.05, 3.63) is 34.9 Å². The van der Waals surface area contributed by atoms with Gasteiger partial charge in [0.25, 0.3) is 0 Å². The van der Waals surface area contributed by atoms with Crippen molar-refractivity contribution in [1.82, 2.24) is 0 Å². The smallest absolute Gasteiger partial charge is 0.0505 e. The first-order valence-corrected chi connectivity index (χ1v) is 9.41. The molecule has 2 nitrogen and oxygen atoms in total. The van der Waals surface area contributed by atoms with Crippen molar-refractivity contribution in [2.24, 2.45) is 17.1 Å². The molecule has 118 valence electrons. The van der Waals surface area contributed by atoms with Gasteiger partial charge in [-0.2, -0.15) is 0 Å². The summed E-state index contributed by atoms with van der Waals surface area (Å²) in [4.78, 5) is 0. The third-order valence-electron chi connectivity index (χ3n) is 4.66. The Labute approximate surface area is 135 Å². The molecule has 2 N–H and O–H groups in total. The maximum Gasteiger partial charge on any atom is 0.0505 e. The van der Waals surface area contributed by atoms with E-state index in [4.69, 9.17) is 17.3 Å². The predicted octanol–water partition coefficient (Wildman–Crippen LogP) is 4.13. The van der Waals surface area contributed by atoms with Crippen LogP contribution < -0.4 is 5.73 Å². The summed E-state index contributed by atoms with van der Waals surface area (Å²) in [7, 11) is -0.963. The Hall–Kier alpha value is -0.380. The second-order valence-electron chi connectivity index (χ2n) is 7.19. The average molecular weight is 328 g/mol. The van der Waals surface area contributed by atoms with E-state index < -0.39 is 10.8 Å². The zero-order valence-electron chi connectivity index (χ0n) is 13.1. The summed E-state index contributed by atoms with van der Waals surface area (Å²) in [5.74, 6) is 1.10.